The lowest BCUT2D eigenvalue weighted by atomic mass is 9.89. The number of ether oxygens (including phenoxy) is 2. The van der Waals surface area contributed by atoms with Crippen molar-refractivity contribution in [1.82, 2.24) is 5.32 Å². The molecule has 0 saturated heterocycles. The Morgan fingerprint density at radius 3 is 2.95 bits per heavy atom. The minimum Gasteiger partial charge on any atom is -0.487 e. The summed E-state index contributed by atoms with van der Waals surface area (Å²) in [5, 5.41) is 13.1. The van der Waals surface area contributed by atoms with Gasteiger partial charge in [-0.2, -0.15) is 0 Å². The average molecular weight is 265 g/mol. The third-order valence-corrected chi connectivity index (χ3v) is 3.34. The van der Waals surface area contributed by atoms with Crippen molar-refractivity contribution in [3.63, 3.8) is 0 Å². The number of aliphatic hydroxyl groups is 1. The predicted octanol–water partition coefficient (Wildman–Crippen LogP) is 1.89. The van der Waals surface area contributed by atoms with Crippen LogP contribution in [-0.4, -0.2) is 37.1 Å². The van der Waals surface area contributed by atoms with Gasteiger partial charge in [-0.25, -0.2) is 0 Å². The van der Waals surface area contributed by atoms with E-state index >= 15 is 0 Å². The molecule has 1 aromatic carbocycles. The Balaban J connectivity index is 2.07. The summed E-state index contributed by atoms with van der Waals surface area (Å²) in [7, 11) is 1.59. The van der Waals surface area contributed by atoms with Crippen LogP contribution < -0.4 is 10.1 Å². The van der Waals surface area contributed by atoms with E-state index in [2.05, 4.69) is 25.2 Å². The van der Waals surface area contributed by atoms with E-state index in [1.165, 1.54) is 0 Å². The second kappa shape index (κ2) is 5.90. The Labute approximate surface area is 114 Å². The number of aliphatic hydroxyl groups excluding tert-OH is 1. The molecule has 2 atom stereocenters. The quantitative estimate of drug-likeness (QED) is 0.853. The predicted molar refractivity (Wildman–Crippen MR) is 74.4 cm³/mol. The third-order valence-electron chi connectivity index (χ3n) is 3.34. The van der Waals surface area contributed by atoms with Crippen LogP contribution in [0.3, 0.4) is 0 Å². The highest BCUT2D eigenvalue weighted by Gasteiger charge is 2.33. The van der Waals surface area contributed by atoms with E-state index in [-0.39, 0.29) is 11.6 Å². The maximum atomic E-state index is 9.74. The lowest BCUT2D eigenvalue weighted by Crippen LogP contribution is -2.42. The minimum absolute atomic E-state index is 0.196. The number of nitrogens with one attached hydrogen (secondary N) is 1. The molecule has 106 valence electrons. The van der Waals surface area contributed by atoms with Crippen LogP contribution in [0.4, 0.5) is 0 Å². The highest BCUT2D eigenvalue weighted by Crippen LogP contribution is 2.39. The van der Waals surface area contributed by atoms with E-state index in [4.69, 9.17) is 9.47 Å². The molecule has 0 spiro atoms. The number of methoxy groups -OCH3 is 1. The molecule has 1 aromatic rings. The molecule has 0 aliphatic carbocycles. The fourth-order valence-corrected chi connectivity index (χ4v) is 2.51. The van der Waals surface area contributed by atoms with Gasteiger partial charge in [0.1, 0.15) is 11.4 Å². The Morgan fingerprint density at radius 1 is 1.47 bits per heavy atom. The summed E-state index contributed by atoms with van der Waals surface area (Å²) < 4.78 is 10.9. The minimum atomic E-state index is -0.483. The van der Waals surface area contributed by atoms with Crippen LogP contribution in [0.15, 0.2) is 24.3 Å². The molecule has 0 radical (unpaired) electrons. The van der Waals surface area contributed by atoms with Crippen molar-refractivity contribution < 1.29 is 14.6 Å². The van der Waals surface area contributed by atoms with Crippen LogP contribution in [0.5, 0.6) is 5.75 Å². The van der Waals surface area contributed by atoms with Gasteiger partial charge in [0.05, 0.1) is 12.7 Å². The van der Waals surface area contributed by atoms with Gasteiger partial charge in [0.25, 0.3) is 0 Å². The number of hydrogen-bond donors (Lipinski definition) is 2. The molecule has 1 aliphatic heterocycles. The number of benzene rings is 1. The summed E-state index contributed by atoms with van der Waals surface area (Å²) in [6.45, 7) is 5.04. The van der Waals surface area contributed by atoms with Gasteiger partial charge >= 0.3 is 0 Å². The number of hydrogen-bond acceptors (Lipinski definition) is 4. The number of rotatable bonds is 5. The number of fused-ring (bicyclic) bond motifs is 1. The maximum Gasteiger partial charge on any atom is 0.124 e. The molecule has 0 saturated carbocycles. The summed E-state index contributed by atoms with van der Waals surface area (Å²) in [4.78, 5) is 0. The van der Waals surface area contributed by atoms with Crippen LogP contribution >= 0.6 is 0 Å². The van der Waals surface area contributed by atoms with Crippen molar-refractivity contribution in [3.8, 4) is 5.75 Å². The summed E-state index contributed by atoms with van der Waals surface area (Å²) in [5.74, 6) is 0.928. The summed E-state index contributed by atoms with van der Waals surface area (Å²) in [6.07, 6.45) is 0.395. The largest absolute Gasteiger partial charge is 0.487 e. The molecule has 1 aliphatic rings. The van der Waals surface area contributed by atoms with Gasteiger partial charge in [-0.05, 0) is 19.9 Å². The van der Waals surface area contributed by atoms with Gasteiger partial charge < -0.3 is 19.9 Å². The molecule has 2 N–H and O–H groups in total. The van der Waals surface area contributed by atoms with Crippen LogP contribution in [0, 0.1) is 0 Å². The Hall–Kier alpha value is -1.10. The first-order valence-corrected chi connectivity index (χ1v) is 6.70. The highest BCUT2D eigenvalue weighted by molar-refractivity contribution is 5.38. The van der Waals surface area contributed by atoms with Gasteiger partial charge in [-0.1, -0.05) is 18.2 Å². The zero-order chi connectivity index (χ0) is 13.9. The molecule has 0 amide bonds. The summed E-state index contributed by atoms with van der Waals surface area (Å²) >= 11 is 0. The second-order valence-corrected chi connectivity index (χ2v) is 5.67. The first kappa shape index (κ1) is 14.3. The molecule has 0 aromatic heterocycles. The average Bonchev–Trinajstić information content (AvgIpc) is 2.35. The van der Waals surface area contributed by atoms with Crippen LogP contribution in [0.2, 0.25) is 0 Å². The molecule has 0 bridgehead atoms. The van der Waals surface area contributed by atoms with Crippen molar-refractivity contribution >= 4 is 0 Å². The van der Waals surface area contributed by atoms with Crippen molar-refractivity contribution in [2.75, 3.05) is 20.3 Å². The maximum absolute atomic E-state index is 9.74. The first-order valence-electron chi connectivity index (χ1n) is 6.70. The van der Waals surface area contributed by atoms with Crippen molar-refractivity contribution in [2.45, 2.75) is 38.0 Å². The first-order chi connectivity index (χ1) is 9.02. The van der Waals surface area contributed by atoms with E-state index < -0.39 is 6.10 Å². The summed E-state index contributed by atoms with van der Waals surface area (Å²) in [6, 6.07) is 8.27. The van der Waals surface area contributed by atoms with E-state index in [1.807, 2.05) is 18.2 Å². The summed E-state index contributed by atoms with van der Waals surface area (Å²) in [5.41, 5.74) is 0.963. The molecule has 1 heterocycles. The molecule has 4 heteroatoms. The van der Waals surface area contributed by atoms with Crippen LogP contribution in [0.1, 0.15) is 31.9 Å². The van der Waals surface area contributed by atoms with Crippen LogP contribution in [0.25, 0.3) is 0 Å². The van der Waals surface area contributed by atoms with Gasteiger partial charge in [0.15, 0.2) is 0 Å². The zero-order valence-corrected chi connectivity index (χ0v) is 11.8. The Morgan fingerprint density at radius 2 is 2.21 bits per heavy atom. The van der Waals surface area contributed by atoms with E-state index in [0.717, 1.165) is 17.7 Å². The normalized spacial score (nSPS) is 22.4. The standard InChI is InChI=1S/C15H23NO3/c1-15(2)8-13(16-9-11(17)10-18-3)12-6-4-5-7-14(12)19-15/h4-7,11,13,16-17H,8-10H2,1-3H3. The van der Waals surface area contributed by atoms with Crippen molar-refractivity contribution in [2.24, 2.45) is 0 Å². The van der Waals surface area contributed by atoms with Crippen molar-refractivity contribution in [3.05, 3.63) is 29.8 Å². The fraction of sp³-hybridized carbons (Fsp3) is 0.600. The Kier molecular flexibility index (Phi) is 4.45. The van der Waals surface area contributed by atoms with Crippen molar-refractivity contribution in [1.29, 1.82) is 0 Å². The molecular formula is C15H23NO3. The molecule has 2 rings (SSSR count). The molecular weight excluding hydrogens is 242 g/mol. The molecule has 19 heavy (non-hydrogen) atoms. The fourth-order valence-electron chi connectivity index (χ4n) is 2.51. The molecule has 0 fully saturated rings. The number of para-hydroxylation sites is 1. The second-order valence-electron chi connectivity index (χ2n) is 5.67. The highest BCUT2D eigenvalue weighted by atomic mass is 16.5. The molecule has 2 unspecified atom stereocenters. The van der Waals surface area contributed by atoms with Gasteiger partial charge in [0, 0.05) is 31.7 Å². The van der Waals surface area contributed by atoms with E-state index in [1.54, 1.807) is 7.11 Å². The lowest BCUT2D eigenvalue weighted by molar-refractivity contribution is 0.0464. The van der Waals surface area contributed by atoms with Crippen LogP contribution in [-0.2, 0) is 4.74 Å². The lowest BCUT2D eigenvalue weighted by Gasteiger charge is -2.38. The SMILES string of the molecule is COCC(O)CNC1CC(C)(C)Oc2ccccc21. The van der Waals surface area contributed by atoms with E-state index in [0.29, 0.717) is 13.2 Å². The van der Waals surface area contributed by atoms with Gasteiger partial charge in [-0.15, -0.1) is 0 Å². The van der Waals surface area contributed by atoms with E-state index in [9.17, 15) is 5.11 Å². The third kappa shape index (κ3) is 3.69. The Bertz CT molecular complexity index is 420. The van der Waals surface area contributed by atoms with Gasteiger partial charge in [0.2, 0.25) is 0 Å². The zero-order valence-electron chi connectivity index (χ0n) is 11.8. The smallest absolute Gasteiger partial charge is 0.124 e. The molecule has 4 nitrogen and oxygen atoms in total. The monoisotopic (exact) mass is 265 g/mol. The van der Waals surface area contributed by atoms with Gasteiger partial charge in [-0.3, -0.25) is 0 Å². The topological polar surface area (TPSA) is 50.7 Å².